The Hall–Kier alpha value is -6.84. The van der Waals surface area contributed by atoms with Gasteiger partial charge in [-0.3, -0.25) is 0 Å². The molecule has 3 heteroatoms. The fraction of sp³-hybridized carbons (Fsp3) is 0. The SMILES string of the molecule is c1ccc(-c2cc(-c3ccccc3)nc(-c3cccc(-n4c5ccccc5c5ccc6c7ccccc7nc(-c7ccccc7)c6c54)c3)c2)cc1. The van der Waals surface area contributed by atoms with Gasteiger partial charge in [-0.1, -0.05) is 152 Å². The lowest BCUT2D eigenvalue weighted by Crippen LogP contribution is -1.98. The second kappa shape index (κ2) is 11.9. The minimum atomic E-state index is 0.931. The molecule has 0 unspecified atom stereocenters. The highest BCUT2D eigenvalue weighted by Crippen LogP contribution is 2.42. The van der Waals surface area contributed by atoms with Crippen molar-refractivity contribution in [1.82, 2.24) is 14.5 Å². The number of pyridine rings is 2. The molecule has 10 aromatic rings. The third kappa shape index (κ3) is 4.90. The normalized spacial score (nSPS) is 11.5. The Balaban J connectivity index is 1.27. The van der Waals surface area contributed by atoms with E-state index >= 15 is 0 Å². The van der Waals surface area contributed by atoms with Gasteiger partial charge in [0.05, 0.1) is 33.6 Å². The van der Waals surface area contributed by atoms with Gasteiger partial charge in [0.15, 0.2) is 0 Å². The van der Waals surface area contributed by atoms with Gasteiger partial charge >= 0.3 is 0 Å². The quantitative estimate of drug-likeness (QED) is 0.174. The minimum Gasteiger partial charge on any atom is -0.309 e. The Bertz CT molecular complexity index is 2830. The summed E-state index contributed by atoms with van der Waals surface area (Å²) >= 11 is 0. The maximum absolute atomic E-state index is 5.35. The van der Waals surface area contributed by atoms with Crippen LogP contribution in [0.1, 0.15) is 0 Å². The first-order valence-corrected chi connectivity index (χ1v) is 17.3. The molecule has 3 nitrogen and oxygen atoms in total. The van der Waals surface area contributed by atoms with Gasteiger partial charge in [-0.05, 0) is 52.9 Å². The summed E-state index contributed by atoms with van der Waals surface area (Å²) in [5.41, 5.74) is 12.8. The van der Waals surface area contributed by atoms with Crippen LogP contribution >= 0.6 is 0 Å². The van der Waals surface area contributed by atoms with Crippen LogP contribution in [0.25, 0.3) is 94.1 Å². The van der Waals surface area contributed by atoms with E-state index in [1.54, 1.807) is 0 Å². The van der Waals surface area contributed by atoms with Crippen molar-refractivity contribution >= 4 is 43.5 Å². The largest absolute Gasteiger partial charge is 0.309 e. The fourth-order valence-electron chi connectivity index (χ4n) is 7.61. The number of fused-ring (bicyclic) bond motifs is 7. The van der Waals surface area contributed by atoms with Crippen molar-refractivity contribution in [1.29, 1.82) is 0 Å². The molecule has 10 rings (SSSR count). The first-order valence-electron chi connectivity index (χ1n) is 17.3. The van der Waals surface area contributed by atoms with E-state index in [0.29, 0.717) is 0 Å². The maximum Gasteiger partial charge on any atom is 0.0809 e. The van der Waals surface area contributed by atoms with Gasteiger partial charge in [0.1, 0.15) is 0 Å². The van der Waals surface area contributed by atoms with Crippen LogP contribution in [0.4, 0.5) is 0 Å². The standard InChI is InChI=1S/C48H31N3/c1-4-15-32(16-5-1)36-30-43(33-17-6-2-7-18-33)49-44(31-36)35-21-14-22-37(29-35)51-45-26-13-11-24-39(45)41-28-27-40-38-23-10-12-25-42(38)50-47(46(40)48(41)51)34-19-8-3-9-20-34/h1-31H. The molecule has 0 saturated heterocycles. The molecule has 0 fully saturated rings. The summed E-state index contributed by atoms with van der Waals surface area (Å²) in [4.78, 5) is 10.6. The Morgan fingerprint density at radius 1 is 0.353 bits per heavy atom. The molecule has 0 aliphatic rings. The van der Waals surface area contributed by atoms with Crippen molar-refractivity contribution < 1.29 is 0 Å². The summed E-state index contributed by atoms with van der Waals surface area (Å²) < 4.78 is 2.43. The Kier molecular flexibility index (Phi) is 6.81. The molecular weight excluding hydrogens is 619 g/mol. The van der Waals surface area contributed by atoms with Crippen molar-refractivity contribution in [3.05, 3.63) is 188 Å². The van der Waals surface area contributed by atoms with E-state index in [9.17, 15) is 0 Å². The Morgan fingerprint density at radius 3 is 1.71 bits per heavy atom. The zero-order valence-corrected chi connectivity index (χ0v) is 27.7. The van der Waals surface area contributed by atoms with Gasteiger partial charge in [-0.25, -0.2) is 9.97 Å². The number of rotatable bonds is 5. The zero-order chi connectivity index (χ0) is 33.7. The molecule has 0 aliphatic heterocycles. The molecule has 0 amide bonds. The van der Waals surface area contributed by atoms with Crippen LogP contribution in [0.15, 0.2) is 188 Å². The number of aromatic nitrogens is 3. The molecular formula is C48H31N3. The molecule has 0 radical (unpaired) electrons. The van der Waals surface area contributed by atoms with Crippen LogP contribution in [0, 0.1) is 0 Å². The fourth-order valence-corrected chi connectivity index (χ4v) is 7.61. The van der Waals surface area contributed by atoms with Crippen LogP contribution in [0.3, 0.4) is 0 Å². The lowest BCUT2D eigenvalue weighted by atomic mass is 9.97. The highest BCUT2D eigenvalue weighted by atomic mass is 15.0. The molecule has 3 heterocycles. The molecule has 238 valence electrons. The number of hydrogen-bond acceptors (Lipinski definition) is 2. The smallest absolute Gasteiger partial charge is 0.0809 e. The molecule has 0 aliphatic carbocycles. The van der Waals surface area contributed by atoms with Crippen molar-refractivity contribution in [2.75, 3.05) is 0 Å². The second-order valence-electron chi connectivity index (χ2n) is 13.0. The predicted molar refractivity (Wildman–Crippen MR) is 213 cm³/mol. The minimum absolute atomic E-state index is 0.931. The maximum atomic E-state index is 5.35. The Morgan fingerprint density at radius 2 is 0.941 bits per heavy atom. The van der Waals surface area contributed by atoms with Gasteiger partial charge in [-0.15, -0.1) is 0 Å². The zero-order valence-electron chi connectivity index (χ0n) is 27.7. The number of hydrogen-bond donors (Lipinski definition) is 0. The topological polar surface area (TPSA) is 30.7 Å². The summed E-state index contributed by atoms with van der Waals surface area (Å²) in [6.45, 7) is 0. The van der Waals surface area contributed by atoms with Crippen molar-refractivity contribution in [3.8, 4) is 50.6 Å². The number of nitrogens with zero attached hydrogens (tertiary/aromatic N) is 3. The summed E-state index contributed by atoms with van der Waals surface area (Å²) in [5, 5.41) is 5.90. The summed E-state index contributed by atoms with van der Waals surface area (Å²) in [6, 6.07) is 66.6. The molecule has 51 heavy (non-hydrogen) atoms. The van der Waals surface area contributed by atoms with Crippen LogP contribution in [-0.2, 0) is 0 Å². The van der Waals surface area contributed by atoms with Crippen LogP contribution in [0.2, 0.25) is 0 Å². The average molecular weight is 650 g/mol. The van der Waals surface area contributed by atoms with E-state index in [1.807, 2.05) is 6.07 Å². The van der Waals surface area contributed by atoms with E-state index in [0.717, 1.165) is 77.9 Å². The molecule has 0 saturated carbocycles. The lowest BCUT2D eigenvalue weighted by Gasteiger charge is -2.15. The first kappa shape index (κ1) is 29.1. The average Bonchev–Trinajstić information content (AvgIpc) is 3.56. The van der Waals surface area contributed by atoms with E-state index in [2.05, 4.69) is 187 Å². The Labute approximate surface area is 295 Å². The third-order valence-corrected chi connectivity index (χ3v) is 9.95. The van der Waals surface area contributed by atoms with E-state index in [1.165, 1.54) is 16.2 Å². The third-order valence-electron chi connectivity index (χ3n) is 9.95. The lowest BCUT2D eigenvalue weighted by molar-refractivity contribution is 1.18. The van der Waals surface area contributed by atoms with Crippen LogP contribution < -0.4 is 0 Å². The molecule has 0 bridgehead atoms. The first-order chi connectivity index (χ1) is 25.3. The molecule has 0 N–H and O–H groups in total. The number of benzene rings is 7. The van der Waals surface area contributed by atoms with Gasteiger partial charge in [0, 0.05) is 43.9 Å². The number of para-hydroxylation sites is 2. The summed E-state index contributed by atoms with van der Waals surface area (Å²) in [6.07, 6.45) is 0. The van der Waals surface area contributed by atoms with Crippen molar-refractivity contribution in [2.24, 2.45) is 0 Å². The van der Waals surface area contributed by atoms with E-state index in [4.69, 9.17) is 9.97 Å². The summed E-state index contributed by atoms with van der Waals surface area (Å²) in [7, 11) is 0. The monoisotopic (exact) mass is 649 g/mol. The summed E-state index contributed by atoms with van der Waals surface area (Å²) in [5.74, 6) is 0. The second-order valence-corrected chi connectivity index (χ2v) is 13.0. The van der Waals surface area contributed by atoms with Crippen molar-refractivity contribution in [2.45, 2.75) is 0 Å². The van der Waals surface area contributed by atoms with Gasteiger partial charge in [0.25, 0.3) is 0 Å². The van der Waals surface area contributed by atoms with Crippen LogP contribution in [-0.4, -0.2) is 14.5 Å². The predicted octanol–water partition coefficient (Wildman–Crippen LogP) is 12.5. The molecule has 0 atom stereocenters. The van der Waals surface area contributed by atoms with Crippen LogP contribution in [0.5, 0.6) is 0 Å². The van der Waals surface area contributed by atoms with Gasteiger partial charge in [0.2, 0.25) is 0 Å². The van der Waals surface area contributed by atoms with E-state index in [-0.39, 0.29) is 0 Å². The highest BCUT2D eigenvalue weighted by molar-refractivity contribution is 6.25. The molecule has 0 spiro atoms. The molecule has 3 aromatic heterocycles. The highest BCUT2D eigenvalue weighted by Gasteiger charge is 2.20. The van der Waals surface area contributed by atoms with Gasteiger partial charge < -0.3 is 4.57 Å². The van der Waals surface area contributed by atoms with Gasteiger partial charge in [-0.2, -0.15) is 0 Å². The molecule has 7 aromatic carbocycles. The van der Waals surface area contributed by atoms with E-state index < -0.39 is 0 Å². The van der Waals surface area contributed by atoms with Crippen molar-refractivity contribution in [3.63, 3.8) is 0 Å².